The molecule has 0 saturated heterocycles. The molecule has 0 aliphatic rings. The topological polar surface area (TPSA) is 31.2 Å². The van der Waals surface area contributed by atoms with Gasteiger partial charge in [-0.05, 0) is 18.2 Å². The van der Waals surface area contributed by atoms with Gasteiger partial charge in [-0.1, -0.05) is 23.2 Å². The maximum absolute atomic E-state index is 11.8. The van der Waals surface area contributed by atoms with E-state index in [9.17, 15) is 4.79 Å². The first kappa shape index (κ1) is 13.0. The van der Waals surface area contributed by atoms with E-state index in [0.29, 0.717) is 21.4 Å². The molecule has 0 unspecified atom stereocenters. The summed E-state index contributed by atoms with van der Waals surface area (Å²) in [5.41, 5.74) is 0.607. The normalized spacial score (nSPS) is 10.4. The van der Waals surface area contributed by atoms with Crippen LogP contribution in [0, 0.1) is 0 Å². The third-order valence-electron chi connectivity index (χ3n) is 2.41. The molecule has 0 N–H and O–H groups in total. The largest absolute Gasteiger partial charge is 0.484 e. The second-order valence-electron chi connectivity index (χ2n) is 3.85. The highest BCUT2D eigenvalue weighted by molar-refractivity contribution is 6.34. The lowest BCUT2D eigenvalue weighted by Gasteiger charge is -2.07. The van der Waals surface area contributed by atoms with Gasteiger partial charge in [0.2, 0.25) is 5.78 Å². The van der Waals surface area contributed by atoms with Gasteiger partial charge in [0.15, 0.2) is 6.61 Å². The number of halogens is 2. The molecule has 1 heterocycles. The summed E-state index contributed by atoms with van der Waals surface area (Å²) >= 11 is 11.8. The SMILES string of the molecule is Cn1ccc(C(=O)COc2cc(Cl)ccc2Cl)c1. The molecular formula is C13H11Cl2NO2. The van der Waals surface area contributed by atoms with Crippen molar-refractivity contribution < 1.29 is 9.53 Å². The highest BCUT2D eigenvalue weighted by Gasteiger charge is 2.09. The minimum Gasteiger partial charge on any atom is -0.484 e. The number of hydrogen-bond acceptors (Lipinski definition) is 2. The minimum atomic E-state index is -0.105. The number of rotatable bonds is 4. The smallest absolute Gasteiger partial charge is 0.201 e. The van der Waals surface area contributed by atoms with E-state index in [0.717, 1.165) is 0 Å². The first-order valence-electron chi connectivity index (χ1n) is 5.29. The second kappa shape index (κ2) is 5.46. The van der Waals surface area contributed by atoms with E-state index in [1.807, 2.05) is 7.05 Å². The van der Waals surface area contributed by atoms with Crippen LogP contribution < -0.4 is 4.74 Å². The van der Waals surface area contributed by atoms with Crippen LogP contribution in [0.15, 0.2) is 36.7 Å². The van der Waals surface area contributed by atoms with E-state index in [1.54, 1.807) is 41.2 Å². The summed E-state index contributed by atoms with van der Waals surface area (Å²) in [5, 5.41) is 0.946. The Labute approximate surface area is 115 Å². The predicted molar refractivity (Wildman–Crippen MR) is 71.7 cm³/mol. The molecule has 1 aromatic carbocycles. The summed E-state index contributed by atoms with van der Waals surface area (Å²) in [5.74, 6) is 0.306. The van der Waals surface area contributed by atoms with Crippen molar-refractivity contribution in [3.63, 3.8) is 0 Å². The third-order valence-corrected chi connectivity index (χ3v) is 2.95. The van der Waals surface area contributed by atoms with E-state index < -0.39 is 0 Å². The Bertz CT molecular complexity index is 578. The second-order valence-corrected chi connectivity index (χ2v) is 4.70. The molecule has 0 spiro atoms. The summed E-state index contributed by atoms with van der Waals surface area (Å²) in [4.78, 5) is 11.8. The molecule has 1 aromatic heterocycles. The Morgan fingerprint density at radius 1 is 1.33 bits per heavy atom. The van der Waals surface area contributed by atoms with Crippen molar-refractivity contribution in [3.05, 3.63) is 52.3 Å². The molecule has 2 aromatic rings. The summed E-state index contributed by atoms with van der Waals surface area (Å²) in [6, 6.07) is 6.62. The van der Waals surface area contributed by atoms with Crippen molar-refractivity contribution in [3.8, 4) is 5.75 Å². The Morgan fingerprint density at radius 3 is 2.78 bits per heavy atom. The summed E-state index contributed by atoms with van der Waals surface area (Å²) < 4.78 is 7.17. The van der Waals surface area contributed by atoms with Gasteiger partial charge in [0.25, 0.3) is 0 Å². The van der Waals surface area contributed by atoms with Crippen molar-refractivity contribution in [2.24, 2.45) is 7.05 Å². The van der Waals surface area contributed by atoms with Gasteiger partial charge in [-0.25, -0.2) is 0 Å². The van der Waals surface area contributed by atoms with E-state index in [-0.39, 0.29) is 12.4 Å². The highest BCUT2D eigenvalue weighted by atomic mass is 35.5. The predicted octanol–water partition coefficient (Wildman–Crippen LogP) is 3.59. The fourth-order valence-corrected chi connectivity index (χ4v) is 1.82. The number of ether oxygens (including phenoxy) is 1. The fourth-order valence-electron chi connectivity index (χ4n) is 1.48. The molecule has 0 fully saturated rings. The van der Waals surface area contributed by atoms with Crippen LogP contribution in [0.25, 0.3) is 0 Å². The molecule has 94 valence electrons. The molecular weight excluding hydrogens is 273 g/mol. The molecule has 0 bridgehead atoms. The minimum absolute atomic E-state index is 0.0654. The van der Waals surface area contributed by atoms with Crippen LogP contribution in [0.1, 0.15) is 10.4 Å². The summed E-state index contributed by atoms with van der Waals surface area (Å²) in [7, 11) is 1.85. The summed E-state index contributed by atoms with van der Waals surface area (Å²) in [6.07, 6.45) is 3.55. The molecule has 0 aliphatic heterocycles. The standard InChI is InChI=1S/C13H11Cl2NO2/c1-16-5-4-9(7-16)12(17)8-18-13-6-10(14)2-3-11(13)15/h2-7H,8H2,1H3. The van der Waals surface area contributed by atoms with Gasteiger partial charge in [-0.15, -0.1) is 0 Å². The zero-order valence-corrected chi connectivity index (χ0v) is 11.2. The summed E-state index contributed by atoms with van der Waals surface area (Å²) in [6.45, 7) is -0.0654. The zero-order valence-electron chi connectivity index (χ0n) is 9.69. The maximum atomic E-state index is 11.8. The van der Waals surface area contributed by atoms with Gasteiger partial charge in [-0.3, -0.25) is 4.79 Å². The van der Waals surface area contributed by atoms with Gasteiger partial charge in [0, 0.05) is 36.1 Å². The van der Waals surface area contributed by atoms with Crippen LogP contribution in [0.4, 0.5) is 0 Å². The monoisotopic (exact) mass is 283 g/mol. The van der Waals surface area contributed by atoms with Crippen LogP contribution in [-0.2, 0) is 7.05 Å². The van der Waals surface area contributed by atoms with Crippen LogP contribution in [0.3, 0.4) is 0 Å². The maximum Gasteiger partial charge on any atom is 0.201 e. The van der Waals surface area contributed by atoms with Crippen LogP contribution in [0.5, 0.6) is 5.75 Å². The number of benzene rings is 1. The number of hydrogen-bond donors (Lipinski definition) is 0. The van der Waals surface area contributed by atoms with Crippen molar-refractivity contribution in [2.45, 2.75) is 0 Å². The lowest BCUT2D eigenvalue weighted by Crippen LogP contribution is -2.11. The lowest BCUT2D eigenvalue weighted by molar-refractivity contribution is 0.0921. The van der Waals surface area contributed by atoms with E-state index in [2.05, 4.69) is 0 Å². The van der Waals surface area contributed by atoms with E-state index >= 15 is 0 Å². The third kappa shape index (κ3) is 3.06. The number of carbonyl (C=O) groups is 1. The number of aromatic nitrogens is 1. The number of Topliss-reactive ketones (excluding diaryl/α,β-unsaturated/α-hetero) is 1. The van der Waals surface area contributed by atoms with Gasteiger partial charge < -0.3 is 9.30 Å². The van der Waals surface area contributed by atoms with Gasteiger partial charge in [0.05, 0.1) is 5.02 Å². The number of ketones is 1. The molecule has 3 nitrogen and oxygen atoms in total. The van der Waals surface area contributed by atoms with Crippen molar-refractivity contribution in [1.82, 2.24) is 4.57 Å². The first-order valence-corrected chi connectivity index (χ1v) is 6.05. The van der Waals surface area contributed by atoms with Crippen molar-refractivity contribution >= 4 is 29.0 Å². The molecule has 0 atom stereocenters. The van der Waals surface area contributed by atoms with Gasteiger partial charge >= 0.3 is 0 Å². The van der Waals surface area contributed by atoms with E-state index in [4.69, 9.17) is 27.9 Å². The average Bonchev–Trinajstić information content (AvgIpc) is 2.77. The number of carbonyl (C=O) groups excluding carboxylic acids is 1. The van der Waals surface area contributed by atoms with Crippen LogP contribution >= 0.6 is 23.2 Å². The van der Waals surface area contributed by atoms with Crippen molar-refractivity contribution in [2.75, 3.05) is 6.61 Å². The Balaban J connectivity index is 2.03. The van der Waals surface area contributed by atoms with Crippen LogP contribution in [0.2, 0.25) is 10.0 Å². The highest BCUT2D eigenvalue weighted by Crippen LogP contribution is 2.27. The average molecular weight is 284 g/mol. The Morgan fingerprint density at radius 2 is 2.11 bits per heavy atom. The molecule has 0 aliphatic carbocycles. The van der Waals surface area contributed by atoms with Crippen LogP contribution in [-0.4, -0.2) is 17.0 Å². The Hall–Kier alpha value is -1.45. The quantitative estimate of drug-likeness (QED) is 0.803. The van der Waals surface area contributed by atoms with Gasteiger partial charge in [0.1, 0.15) is 5.75 Å². The molecule has 0 amide bonds. The van der Waals surface area contributed by atoms with Crippen molar-refractivity contribution in [1.29, 1.82) is 0 Å². The number of nitrogens with zero attached hydrogens (tertiary/aromatic N) is 1. The lowest BCUT2D eigenvalue weighted by atomic mass is 10.2. The first-order chi connectivity index (χ1) is 8.56. The zero-order chi connectivity index (χ0) is 13.1. The Kier molecular flexibility index (Phi) is 3.94. The molecule has 2 rings (SSSR count). The fraction of sp³-hybridized carbons (Fsp3) is 0.154. The number of aryl methyl sites for hydroxylation is 1. The molecule has 5 heteroatoms. The molecule has 18 heavy (non-hydrogen) atoms. The molecule has 0 radical (unpaired) electrons. The van der Waals surface area contributed by atoms with Gasteiger partial charge in [-0.2, -0.15) is 0 Å². The molecule has 0 saturated carbocycles. The van der Waals surface area contributed by atoms with E-state index in [1.165, 1.54) is 0 Å².